The molecule has 0 spiro atoms. The Morgan fingerprint density at radius 1 is 1.13 bits per heavy atom. The first-order valence-electron chi connectivity index (χ1n) is 9.92. The number of carbonyl (C=O) groups is 2. The maximum absolute atomic E-state index is 13.0. The Bertz CT molecular complexity index is 1070. The molecule has 0 saturated carbocycles. The number of benzene rings is 2. The molecule has 2 atom stereocenters. The van der Waals surface area contributed by atoms with Gasteiger partial charge in [0.1, 0.15) is 6.04 Å². The molecule has 0 saturated heterocycles. The maximum Gasteiger partial charge on any atom is 0.253 e. The number of para-hydroxylation sites is 1. The van der Waals surface area contributed by atoms with Crippen LogP contribution in [-0.4, -0.2) is 38.6 Å². The van der Waals surface area contributed by atoms with E-state index < -0.39 is 22.0 Å². The highest BCUT2D eigenvalue weighted by Gasteiger charge is 2.31. The first-order chi connectivity index (χ1) is 14.5. The summed E-state index contributed by atoms with van der Waals surface area (Å²) < 4.78 is 26.2. The fraction of sp³-hybridized carbons (Fsp3) is 0.364. The van der Waals surface area contributed by atoms with E-state index in [1.807, 2.05) is 13.8 Å². The number of amides is 2. The van der Waals surface area contributed by atoms with Gasteiger partial charge in [-0.2, -0.15) is 0 Å². The molecule has 0 unspecified atom stereocenters. The van der Waals surface area contributed by atoms with Crippen molar-refractivity contribution in [3.05, 3.63) is 58.6 Å². The lowest BCUT2D eigenvalue weighted by molar-refractivity contribution is -0.116. The van der Waals surface area contributed by atoms with E-state index >= 15 is 0 Å². The average molecular weight is 466 g/mol. The number of hydrogen-bond donors (Lipinski definition) is 2. The third kappa shape index (κ3) is 6.21. The molecule has 7 nitrogen and oxygen atoms in total. The van der Waals surface area contributed by atoms with Gasteiger partial charge in [-0.3, -0.25) is 13.9 Å². The summed E-state index contributed by atoms with van der Waals surface area (Å²) in [4.78, 5) is 25.6. The summed E-state index contributed by atoms with van der Waals surface area (Å²) in [5.41, 5.74) is 1.58. The molecule has 31 heavy (non-hydrogen) atoms. The van der Waals surface area contributed by atoms with Crippen molar-refractivity contribution in [1.82, 2.24) is 5.32 Å². The topological polar surface area (TPSA) is 95.6 Å². The molecule has 168 valence electrons. The van der Waals surface area contributed by atoms with Crippen molar-refractivity contribution in [2.75, 3.05) is 15.9 Å². The predicted octanol–water partition coefficient (Wildman–Crippen LogP) is 3.97. The number of aryl methyl sites for hydroxylation is 1. The Hall–Kier alpha value is -2.58. The first-order valence-corrected chi connectivity index (χ1v) is 12.1. The van der Waals surface area contributed by atoms with Crippen molar-refractivity contribution in [2.45, 2.75) is 46.2 Å². The van der Waals surface area contributed by atoms with E-state index in [0.717, 1.165) is 17.0 Å². The molecule has 0 bridgehead atoms. The van der Waals surface area contributed by atoms with Crippen LogP contribution >= 0.6 is 11.6 Å². The monoisotopic (exact) mass is 465 g/mol. The number of carbonyl (C=O) groups excluding carboxylic acids is 2. The van der Waals surface area contributed by atoms with E-state index in [2.05, 4.69) is 10.6 Å². The van der Waals surface area contributed by atoms with Gasteiger partial charge in [-0.1, -0.05) is 36.7 Å². The molecule has 0 radical (unpaired) electrons. The van der Waals surface area contributed by atoms with E-state index in [4.69, 9.17) is 11.6 Å². The second kappa shape index (κ2) is 10.2. The largest absolute Gasteiger partial charge is 0.350 e. The number of anilines is 2. The highest BCUT2D eigenvalue weighted by molar-refractivity contribution is 7.92. The van der Waals surface area contributed by atoms with Gasteiger partial charge in [0.2, 0.25) is 15.9 Å². The fourth-order valence-electron chi connectivity index (χ4n) is 3.03. The zero-order valence-corrected chi connectivity index (χ0v) is 19.8. The van der Waals surface area contributed by atoms with Crippen LogP contribution in [0.15, 0.2) is 42.5 Å². The zero-order valence-electron chi connectivity index (χ0n) is 18.3. The van der Waals surface area contributed by atoms with Gasteiger partial charge in [-0.25, -0.2) is 8.42 Å². The van der Waals surface area contributed by atoms with Crippen LogP contribution in [0.25, 0.3) is 0 Å². The quantitative estimate of drug-likeness (QED) is 0.616. The first kappa shape index (κ1) is 24.7. The summed E-state index contributed by atoms with van der Waals surface area (Å²) in [6, 6.07) is 10.3. The standard InChI is InChI=1S/C22H28ClN3O4S/c1-6-15(3)24-22(28)18-9-7-8-10-19(18)25-21(27)16(4)26(31(5,29)30)20-13-17(23)12-11-14(20)2/h7-13,15-16H,6H2,1-5H3,(H,24,28)(H,25,27)/t15-,16-/m0/s1. The molecular formula is C22H28ClN3O4S. The third-order valence-corrected chi connectivity index (χ3v) is 6.38. The van der Waals surface area contributed by atoms with E-state index in [1.165, 1.54) is 13.0 Å². The van der Waals surface area contributed by atoms with Crippen LogP contribution in [0.4, 0.5) is 11.4 Å². The Balaban J connectivity index is 2.36. The van der Waals surface area contributed by atoms with Crippen LogP contribution < -0.4 is 14.9 Å². The number of rotatable bonds is 8. The van der Waals surface area contributed by atoms with Crippen molar-refractivity contribution >= 4 is 44.8 Å². The second-order valence-electron chi connectivity index (χ2n) is 7.48. The summed E-state index contributed by atoms with van der Waals surface area (Å²) in [7, 11) is -3.80. The maximum atomic E-state index is 13.0. The Morgan fingerprint density at radius 2 is 1.77 bits per heavy atom. The molecule has 0 fully saturated rings. The van der Waals surface area contributed by atoms with Crippen molar-refractivity contribution in [1.29, 1.82) is 0 Å². The Labute approximate surface area is 188 Å². The van der Waals surface area contributed by atoms with Gasteiger partial charge in [0.25, 0.3) is 5.91 Å². The number of nitrogens with one attached hydrogen (secondary N) is 2. The molecule has 2 rings (SSSR count). The average Bonchev–Trinajstić information content (AvgIpc) is 2.69. The van der Waals surface area contributed by atoms with E-state index in [0.29, 0.717) is 27.5 Å². The molecule has 0 aliphatic heterocycles. The number of halogens is 1. The molecule has 0 aliphatic carbocycles. The van der Waals surface area contributed by atoms with Crippen LogP contribution in [0.5, 0.6) is 0 Å². The molecule has 2 aromatic rings. The summed E-state index contributed by atoms with van der Waals surface area (Å²) in [5, 5.41) is 5.92. The van der Waals surface area contributed by atoms with Crippen LogP contribution in [-0.2, 0) is 14.8 Å². The normalized spacial score (nSPS) is 13.2. The zero-order chi connectivity index (χ0) is 23.3. The molecule has 2 N–H and O–H groups in total. The summed E-state index contributed by atoms with van der Waals surface area (Å²) in [6.45, 7) is 7.07. The molecular weight excluding hydrogens is 438 g/mol. The van der Waals surface area contributed by atoms with Crippen LogP contribution in [0.2, 0.25) is 5.02 Å². The summed E-state index contributed by atoms with van der Waals surface area (Å²) >= 11 is 6.07. The smallest absolute Gasteiger partial charge is 0.253 e. The van der Waals surface area contributed by atoms with Crippen molar-refractivity contribution in [2.24, 2.45) is 0 Å². The van der Waals surface area contributed by atoms with Gasteiger partial charge < -0.3 is 10.6 Å². The molecule has 2 amide bonds. The molecule has 2 aromatic carbocycles. The molecule has 9 heteroatoms. The van der Waals surface area contributed by atoms with Gasteiger partial charge in [0.05, 0.1) is 23.2 Å². The second-order valence-corrected chi connectivity index (χ2v) is 9.78. The van der Waals surface area contributed by atoms with Crippen molar-refractivity contribution in [3.63, 3.8) is 0 Å². The summed E-state index contributed by atoms with van der Waals surface area (Å²) in [6.07, 6.45) is 1.80. The number of nitrogens with zero attached hydrogens (tertiary/aromatic N) is 1. The lowest BCUT2D eigenvalue weighted by Gasteiger charge is -2.29. The molecule has 0 aromatic heterocycles. The van der Waals surface area contributed by atoms with Crippen LogP contribution in [0, 0.1) is 6.92 Å². The van der Waals surface area contributed by atoms with Gasteiger partial charge >= 0.3 is 0 Å². The minimum Gasteiger partial charge on any atom is -0.350 e. The number of sulfonamides is 1. The third-order valence-electron chi connectivity index (χ3n) is 4.92. The van der Waals surface area contributed by atoms with Gasteiger partial charge in [-0.15, -0.1) is 0 Å². The van der Waals surface area contributed by atoms with E-state index in [1.54, 1.807) is 43.3 Å². The SMILES string of the molecule is CC[C@H](C)NC(=O)c1ccccc1NC(=O)[C@H](C)N(c1cc(Cl)ccc1C)S(C)(=O)=O. The Kier molecular flexibility index (Phi) is 8.08. The summed E-state index contributed by atoms with van der Waals surface area (Å²) in [5.74, 6) is -0.892. The van der Waals surface area contributed by atoms with Crippen molar-refractivity contribution in [3.8, 4) is 0 Å². The lowest BCUT2D eigenvalue weighted by Crippen LogP contribution is -2.46. The predicted molar refractivity (Wildman–Crippen MR) is 125 cm³/mol. The highest BCUT2D eigenvalue weighted by atomic mass is 35.5. The minimum atomic E-state index is -3.80. The van der Waals surface area contributed by atoms with Gasteiger partial charge in [-0.05, 0) is 57.0 Å². The van der Waals surface area contributed by atoms with Crippen LogP contribution in [0.3, 0.4) is 0 Å². The molecule has 0 aliphatic rings. The van der Waals surface area contributed by atoms with Gasteiger partial charge in [0, 0.05) is 11.1 Å². The minimum absolute atomic E-state index is 0.0262. The van der Waals surface area contributed by atoms with Gasteiger partial charge in [0.15, 0.2) is 0 Å². The Morgan fingerprint density at radius 3 is 2.39 bits per heavy atom. The van der Waals surface area contributed by atoms with E-state index in [-0.39, 0.29) is 11.9 Å². The lowest BCUT2D eigenvalue weighted by atomic mass is 10.1. The van der Waals surface area contributed by atoms with Crippen LogP contribution in [0.1, 0.15) is 43.1 Å². The highest BCUT2D eigenvalue weighted by Crippen LogP contribution is 2.29. The van der Waals surface area contributed by atoms with E-state index in [9.17, 15) is 18.0 Å². The number of hydrogen-bond acceptors (Lipinski definition) is 4. The van der Waals surface area contributed by atoms with Crippen molar-refractivity contribution < 1.29 is 18.0 Å². The fourth-order valence-corrected chi connectivity index (χ4v) is 4.42. The molecule has 0 heterocycles.